The maximum absolute atomic E-state index is 12.8. The van der Waals surface area contributed by atoms with Crippen LogP contribution in [-0.4, -0.2) is 29.2 Å². The van der Waals surface area contributed by atoms with E-state index >= 15 is 0 Å². The molecule has 0 aromatic heterocycles. The van der Waals surface area contributed by atoms with Crippen LogP contribution in [0.5, 0.6) is 0 Å². The summed E-state index contributed by atoms with van der Waals surface area (Å²) < 4.78 is 12.8. The standard InChI is InChI=1S/C14H22FNO/c1-3-14(4-2)16(9-10-17)11-12-5-7-13(15)8-6-12/h5-8,14,17H,3-4,9-11H2,1-2H3. The Morgan fingerprint density at radius 2 is 1.76 bits per heavy atom. The van der Waals surface area contributed by atoms with Crippen LogP contribution < -0.4 is 0 Å². The third-order valence-corrected chi connectivity index (χ3v) is 3.15. The summed E-state index contributed by atoms with van der Waals surface area (Å²) in [6, 6.07) is 7.07. The molecule has 0 saturated carbocycles. The zero-order valence-corrected chi connectivity index (χ0v) is 10.7. The molecule has 0 aliphatic rings. The van der Waals surface area contributed by atoms with E-state index in [1.165, 1.54) is 12.1 Å². The Hall–Kier alpha value is -0.930. The van der Waals surface area contributed by atoms with Crippen molar-refractivity contribution in [1.29, 1.82) is 0 Å². The number of hydrogen-bond donors (Lipinski definition) is 1. The van der Waals surface area contributed by atoms with E-state index in [1.54, 1.807) is 0 Å². The van der Waals surface area contributed by atoms with Gasteiger partial charge in [-0.25, -0.2) is 4.39 Å². The molecule has 0 heterocycles. The second-order valence-corrected chi connectivity index (χ2v) is 4.29. The molecular weight excluding hydrogens is 217 g/mol. The fraction of sp³-hybridized carbons (Fsp3) is 0.571. The maximum Gasteiger partial charge on any atom is 0.123 e. The molecule has 1 aromatic rings. The minimum atomic E-state index is -0.204. The molecule has 2 nitrogen and oxygen atoms in total. The third kappa shape index (κ3) is 4.44. The van der Waals surface area contributed by atoms with Crippen molar-refractivity contribution in [3.8, 4) is 0 Å². The quantitative estimate of drug-likeness (QED) is 0.791. The van der Waals surface area contributed by atoms with Gasteiger partial charge in [0.15, 0.2) is 0 Å². The first-order valence-corrected chi connectivity index (χ1v) is 6.30. The summed E-state index contributed by atoms with van der Waals surface area (Å²) in [7, 11) is 0. The lowest BCUT2D eigenvalue weighted by Gasteiger charge is -2.29. The monoisotopic (exact) mass is 239 g/mol. The lowest BCUT2D eigenvalue weighted by Crippen LogP contribution is -2.36. The van der Waals surface area contributed by atoms with Crippen LogP contribution in [0.15, 0.2) is 24.3 Å². The van der Waals surface area contributed by atoms with Crippen molar-refractivity contribution in [3.05, 3.63) is 35.6 Å². The molecule has 0 aliphatic heterocycles. The zero-order chi connectivity index (χ0) is 12.7. The van der Waals surface area contributed by atoms with Gasteiger partial charge in [0.05, 0.1) is 6.61 Å². The van der Waals surface area contributed by atoms with Crippen molar-refractivity contribution in [2.45, 2.75) is 39.3 Å². The first-order chi connectivity index (χ1) is 8.21. The van der Waals surface area contributed by atoms with Crippen LogP contribution in [0.3, 0.4) is 0 Å². The lowest BCUT2D eigenvalue weighted by atomic mass is 10.1. The average Bonchev–Trinajstić information content (AvgIpc) is 2.34. The highest BCUT2D eigenvalue weighted by atomic mass is 19.1. The van der Waals surface area contributed by atoms with E-state index in [1.807, 2.05) is 12.1 Å². The highest BCUT2D eigenvalue weighted by Gasteiger charge is 2.14. The van der Waals surface area contributed by atoms with Gasteiger partial charge >= 0.3 is 0 Å². The van der Waals surface area contributed by atoms with Gasteiger partial charge in [0.25, 0.3) is 0 Å². The topological polar surface area (TPSA) is 23.5 Å². The van der Waals surface area contributed by atoms with Gasteiger partial charge in [0.1, 0.15) is 5.82 Å². The minimum absolute atomic E-state index is 0.164. The average molecular weight is 239 g/mol. The summed E-state index contributed by atoms with van der Waals surface area (Å²) >= 11 is 0. The summed E-state index contributed by atoms with van der Waals surface area (Å²) in [5.74, 6) is -0.204. The summed E-state index contributed by atoms with van der Waals surface area (Å²) in [6.45, 7) is 5.92. The molecule has 1 rings (SSSR count). The maximum atomic E-state index is 12.8. The van der Waals surface area contributed by atoms with E-state index < -0.39 is 0 Å². The number of aliphatic hydroxyl groups is 1. The highest BCUT2D eigenvalue weighted by Crippen LogP contribution is 2.13. The van der Waals surface area contributed by atoms with Crippen LogP contribution in [0.4, 0.5) is 4.39 Å². The van der Waals surface area contributed by atoms with Gasteiger partial charge in [-0.05, 0) is 30.5 Å². The molecule has 3 heteroatoms. The van der Waals surface area contributed by atoms with Gasteiger partial charge in [0.2, 0.25) is 0 Å². The Morgan fingerprint density at radius 1 is 1.18 bits per heavy atom. The van der Waals surface area contributed by atoms with E-state index in [0.717, 1.165) is 24.9 Å². The Kier molecular flexibility index (Phi) is 6.16. The van der Waals surface area contributed by atoms with Crippen molar-refractivity contribution in [3.63, 3.8) is 0 Å². The number of benzene rings is 1. The fourth-order valence-electron chi connectivity index (χ4n) is 2.15. The zero-order valence-electron chi connectivity index (χ0n) is 10.7. The van der Waals surface area contributed by atoms with Crippen LogP contribution in [0, 0.1) is 5.82 Å². The van der Waals surface area contributed by atoms with Crippen LogP contribution >= 0.6 is 0 Å². The summed E-state index contributed by atoms with van der Waals surface area (Å²) in [4.78, 5) is 2.26. The van der Waals surface area contributed by atoms with Crippen molar-refractivity contribution >= 4 is 0 Å². The molecule has 96 valence electrons. The summed E-state index contributed by atoms with van der Waals surface area (Å²) in [5.41, 5.74) is 1.09. The SMILES string of the molecule is CCC(CC)N(CCO)Cc1ccc(F)cc1. The van der Waals surface area contributed by atoms with E-state index in [4.69, 9.17) is 5.11 Å². The fourth-order valence-corrected chi connectivity index (χ4v) is 2.15. The Labute approximate surface area is 103 Å². The molecule has 0 amide bonds. The third-order valence-electron chi connectivity index (χ3n) is 3.15. The van der Waals surface area contributed by atoms with E-state index in [9.17, 15) is 4.39 Å². The van der Waals surface area contributed by atoms with Crippen molar-refractivity contribution < 1.29 is 9.50 Å². The van der Waals surface area contributed by atoms with Crippen LogP contribution in [0.25, 0.3) is 0 Å². The molecule has 0 radical (unpaired) electrons. The number of nitrogens with zero attached hydrogens (tertiary/aromatic N) is 1. The normalized spacial score (nSPS) is 11.4. The molecule has 0 unspecified atom stereocenters. The van der Waals surface area contributed by atoms with Gasteiger partial charge in [-0.1, -0.05) is 26.0 Å². The van der Waals surface area contributed by atoms with Gasteiger partial charge in [-0.15, -0.1) is 0 Å². The molecule has 1 N–H and O–H groups in total. The lowest BCUT2D eigenvalue weighted by molar-refractivity contribution is 0.136. The minimum Gasteiger partial charge on any atom is -0.395 e. The number of rotatable bonds is 7. The first-order valence-electron chi connectivity index (χ1n) is 6.30. The molecular formula is C14H22FNO. The van der Waals surface area contributed by atoms with Crippen LogP contribution in [0.2, 0.25) is 0 Å². The summed E-state index contributed by atoms with van der Waals surface area (Å²) in [6.07, 6.45) is 2.13. The second-order valence-electron chi connectivity index (χ2n) is 4.29. The molecule has 0 fully saturated rings. The number of aliphatic hydroxyl groups excluding tert-OH is 1. The largest absolute Gasteiger partial charge is 0.395 e. The Morgan fingerprint density at radius 3 is 2.24 bits per heavy atom. The molecule has 1 aromatic carbocycles. The van der Waals surface area contributed by atoms with Crippen molar-refractivity contribution in [2.75, 3.05) is 13.2 Å². The molecule has 0 spiro atoms. The van der Waals surface area contributed by atoms with E-state index in [2.05, 4.69) is 18.7 Å². The van der Waals surface area contributed by atoms with Crippen LogP contribution in [-0.2, 0) is 6.54 Å². The van der Waals surface area contributed by atoms with E-state index in [0.29, 0.717) is 12.6 Å². The predicted molar refractivity (Wildman–Crippen MR) is 68.3 cm³/mol. The number of hydrogen-bond acceptors (Lipinski definition) is 2. The predicted octanol–water partition coefficient (Wildman–Crippen LogP) is 2.81. The molecule has 0 bridgehead atoms. The molecule has 0 aliphatic carbocycles. The molecule has 17 heavy (non-hydrogen) atoms. The molecule has 0 saturated heterocycles. The van der Waals surface area contributed by atoms with Gasteiger partial charge in [0, 0.05) is 19.1 Å². The van der Waals surface area contributed by atoms with Gasteiger partial charge in [-0.3, -0.25) is 4.90 Å². The first kappa shape index (κ1) is 14.1. The summed E-state index contributed by atoms with van der Waals surface area (Å²) in [5, 5.41) is 9.10. The van der Waals surface area contributed by atoms with Gasteiger partial charge < -0.3 is 5.11 Å². The van der Waals surface area contributed by atoms with E-state index in [-0.39, 0.29) is 12.4 Å². The van der Waals surface area contributed by atoms with Crippen molar-refractivity contribution in [2.24, 2.45) is 0 Å². The van der Waals surface area contributed by atoms with Crippen LogP contribution in [0.1, 0.15) is 32.3 Å². The highest BCUT2D eigenvalue weighted by molar-refractivity contribution is 5.16. The smallest absolute Gasteiger partial charge is 0.123 e. The second kappa shape index (κ2) is 7.41. The molecule has 0 atom stereocenters. The Balaban J connectivity index is 2.68. The van der Waals surface area contributed by atoms with Crippen molar-refractivity contribution in [1.82, 2.24) is 4.90 Å². The Bertz CT molecular complexity index is 309. The number of halogens is 1. The van der Waals surface area contributed by atoms with Gasteiger partial charge in [-0.2, -0.15) is 0 Å².